The number of nitrogens with one attached hydrogen (secondary N) is 1. The van der Waals surface area contributed by atoms with E-state index >= 15 is 0 Å². The topological polar surface area (TPSA) is 88.2 Å². The third kappa shape index (κ3) is 3.20. The minimum absolute atomic E-state index is 0.320. The van der Waals surface area contributed by atoms with Crippen molar-refractivity contribution in [2.75, 3.05) is 11.9 Å². The highest BCUT2D eigenvalue weighted by molar-refractivity contribution is 5.97. The molecule has 1 amide bonds. The molecule has 1 aromatic rings. The quantitative estimate of drug-likeness (QED) is 0.687. The summed E-state index contributed by atoms with van der Waals surface area (Å²) < 4.78 is 0. The van der Waals surface area contributed by atoms with Crippen molar-refractivity contribution in [2.45, 2.75) is 25.9 Å². The summed E-state index contributed by atoms with van der Waals surface area (Å²) in [5.74, 6) is -0.129. The van der Waals surface area contributed by atoms with E-state index in [9.17, 15) is 9.90 Å². The van der Waals surface area contributed by atoms with Gasteiger partial charge in [0.15, 0.2) is 0 Å². The molecule has 4 N–H and O–H groups in total. The highest BCUT2D eigenvalue weighted by Gasteiger charge is 2.18. The van der Waals surface area contributed by atoms with Crippen LogP contribution in [0.15, 0.2) is 18.3 Å². The van der Waals surface area contributed by atoms with E-state index in [1.165, 1.54) is 0 Å². The molecule has 0 aliphatic heterocycles. The predicted octanol–water partition coefficient (Wildman–Crippen LogP) is 0.753. The summed E-state index contributed by atoms with van der Waals surface area (Å²) in [6.45, 7) is 3.92. The van der Waals surface area contributed by atoms with Crippen LogP contribution >= 0.6 is 0 Å². The van der Waals surface area contributed by atoms with Gasteiger partial charge in [-0.05, 0) is 25.5 Å². The maximum absolute atomic E-state index is 11.1. The molecule has 88 valence electrons. The van der Waals surface area contributed by atoms with Gasteiger partial charge in [0.2, 0.25) is 0 Å². The fraction of sp³-hybridized carbons (Fsp3) is 0.455. The number of rotatable bonds is 5. The molecule has 5 heteroatoms. The molecule has 0 spiro atoms. The fourth-order valence-corrected chi connectivity index (χ4v) is 1.14. The number of primary amides is 1. The lowest BCUT2D eigenvalue weighted by molar-refractivity contribution is 0.0695. The maximum Gasteiger partial charge on any atom is 0.252 e. The molecular formula is C11H17N3O2. The number of carbonyl (C=O) groups is 1. The number of pyridine rings is 1. The van der Waals surface area contributed by atoms with Gasteiger partial charge in [-0.3, -0.25) is 4.79 Å². The second kappa shape index (κ2) is 4.94. The molecule has 0 saturated carbocycles. The zero-order chi connectivity index (χ0) is 12.2. The molecule has 1 heterocycles. The Kier molecular flexibility index (Phi) is 3.84. The van der Waals surface area contributed by atoms with E-state index in [2.05, 4.69) is 10.3 Å². The molecule has 0 aromatic carbocycles. The van der Waals surface area contributed by atoms with Crippen molar-refractivity contribution >= 4 is 11.7 Å². The fourth-order valence-electron chi connectivity index (χ4n) is 1.14. The van der Waals surface area contributed by atoms with E-state index in [0.717, 1.165) is 0 Å². The van der Waals surface area contributed by atoms with Crippen LogP contribution < -0.4 is 11.1 Å². The van der Waals surface area contributed by atoms with Crippen LogP contribution in [0.1, 0.15) is 30.6 Å². The summed E-state index contributed by atoms with van der Waals surface area (Å²) in [5, 5.41) is 12.7. The van der Waals surface area contributed by atoms with Crippen molar-refractivity contribution in [1.82, 2.24) is 4.98 Å². The van der Waals surface area contributed by atoms with Gasteiger partial charge in [0, 0.05) is 12.7 Å². The van der Waals surface area contributed by atoms with Gasteiger partial charge in [-0.1, -0.05) is 6.92 Å². The summed E-state index contributed by atoms with van der Waals surface area (Å²) in [4.78, 5) is 15.1. The number of nitrogens with two attached hydrogens (primary N) is 1. The summed E-state index contributed by atoms with van der Waals surface area (Å²) in [7, 11) is 0. The van der Waals surface area contributed by atoms with Crippen LogP contribution in [-0.2, 0) is 0 Å². The van der Waals surface area contributed by atoms with Gasteiger partial charge in [-0.15, -0.1) is 0 Å². The van der Waals surface area contributed by atoms with Gasteiger partial charge in [0.25, 0.3) is 5.91 Å². The number of hydrogen-bond donors (Lipinski definition) is 3. The largest absolute Gasteiger partial charge is 0.388 e. The van der Waals surface area contributed by atoms with Gasteiger partial charge < -0.3 is 16.2 Å². The first-order valence-corrected chi connectivity index (χ1v) is 5.17. The van der Waals surface area contributed by atoms with Crippen LogP contribution in [0.25, 0.3) is 0 Å². The second-order valence-corrected chi connectivity index (χ2v) is 3.97. The molecule has 0 saturated heterocycles. The molecular weight excluding hydrogens is 206 g/mol. The molecule has 16 heavy (non-hydrogen) atoms. The summed E-state index contributed by atoms with van der Waals surface area (Å²) in [6, 6.07) is 3.24. The Morgan fingerprint density at radius 1 is 1.69 bits per heavy atom. The molecule has 0 aliphatic rings. The minimum atomic E-state index is -0.827. The monoisotopic (exact) mass is 223 g/mol. The Hall–Kier alpha value is -1.62. The van der Waals surface area contributed by atoms with E-state index in [4.69, 9.17) is 5.73 Å². The van der Waals surface area contributed by atoms with Crippen molar-refractivity contribution in [3.63, 3.8) is 0 Å². The number of hydrogen-bond acceptors (Lipinski definition) is 4. The Labute approximate surface area is 94.7 Å². The summed E-state index contributed by atoms with van der Waals surface area (Å²) >= 11 is 0. The number of nitrogens with zero attached hydrogens (tertiary/aromatic N) is 1. The summed E-state index contributed by atoms with van der Waals surface area (Å²) in [6.07, 6.45) is 2.17. The number of aliphatic hydroxyl groups is 1. The van der Waals surface area contributed by atoms with Gasteiger partial charge in [0.1, 0.15) is 5.82 Å². The average molecular weight is 223 g/mol. The van der Waals surface area contributed by atoms with Crippen LogP contribution in [0.4, 0.5) is 5.82 Å². The second-order valence-electron chi connectivity index (χ2n) is 3.97. The standard InChI is InChI=1S/C11H17N3O2/c1-3-11(2,16)7-14-10-8(9(12)15)5-4-6-13-10/h4-6,16H,3,7H2,1-2H3,(H2,12,15)(H,13,14). The predicted molar refractivity (Wildman–Crippen MR) is 62.2 cm³/mol. The number of carbonyl (C=O) groups excluding carboxylic acids is 1. The van der Waals surface area contributed by atoms with Crippen molar-refractivity contribution < 1.29 is 9.90 Å². The zero-order valence-corrected chi connectivity index (χ0v) is 9.53. The first-order valence-electron chi connectivity index (χ1n) is 5.17. The lowest BCUT2D eigenvalue weighted by Gasteiger charge is -2.22. The van der Waals surface area contributed by atoms with Crippen molar-refractivity contribution in [3.8, 4) is 0 Å². The van der Waals surface area contributed by atoms with Crippen molar-refractivity contribution in [1.29, 1.82) is 0 Å². The third-order valence-electron chi connectivity index (χ3n) is 2.47. The van der Waals surface area contributed by atoms with E-state index in [1.807, 2.05) is 6.92 Å². The molecule has 1 aromatic heterocycles. The van der Waals surface area contributed by atoms with Crippen LogP contribution in [-0.4, -0.2) is 28.1 Å². The summed E-state index contributed by atoms with van der Waals surface area (Å²) in [5.41, 5.74) is 4.71. The molecule has 1 atom stereocenters. The highest BCUT2D eigenvalue weighted by Crippen LogP contribution is 2.14. The average Bonchev–Trinajstić information content (AvgIpc) is 2.27. The molecule has 0 aliphatic carbocycles. The first-order chi connectivity index (χ1) is 7.46. The molecule has 0 radical (unpaired) electrons. The molecule has 0 bridgehead atoms. The number of amides is 1. The Morgan fingerprint density at radius 2 is 2.38 bits per heavy atom. The third-order valence-corrected chi connectivity index (χ3v) is 2.47. The molecule has 0 fully saturated rings. The smallest absolute Gasteiger partial charge is 0.252 e. The molecule has 1 unspecified atom stereocenters. The van der Waals surface area contributed by atoms with Crippen LogP contribution in [0.2, 0.25) is 0 Å². The van der Waals surface area contributed by atoms with E-state index in [1.54, 1.807) is 25.3 Å². The van der Waals surface area contributed by atoms with Crippen LogP contribution in [0.3, 0.4) is 0 Å². The normalized spacial score (nSPS) is 14.2. The minimum Gasteiger partial charge on any atom is -0.388 e. The first kappa shape index (κ1) is 12.4. The maximum atomic E-state index is 11.1. The van der Waals surface area contributed by atoms with Crippen molar-refractivity contribution in [2.24, 2.45) is 5.73 Å². The lowest BCUT2D eigenvalue weighted by Crippen LogP contribution is -2.33. The van der Waals surface area contributed by atoms with E-state index in [-0.39, 0.29) is 0 Å². The van der Waals surface area contributed by atoms with Crippen molar-refractivity contribution in [3.05, 3.63) is 23.9 Å². The number of anilines is 1. The Balaban J connectivity index is 2.78. The van der Waals surface area contributed by atoms with Gasteiger partial charge in [-0.25, -0.2) is 4.98 Å². The molecule has 1 rings (SSSR count). The van der Waals surface area contributed by atoms with Gasteiger partial charge >= 0.3 is 0 Å². The van der Waals surface area contributed by atoms with E-state index in [0.29, 0.717) is 24.3 Å². The Bertz CT molecular complexity index is 377. The number of aromatic nitrogens is 1. The van der Waals surface area contributed by atoms with Crippen LogP contribution in [0, 0.1) is 0 Å². The van der Waals surface area contributed by atoms with Gasteiger partial charge in [-0.2, -0.15) is 0 Å². The highest BCUT2D eigenvalue weighted by atomic mass is 16.3. The van der Waals surface area contributed by atoms with Crippen LogP contribution in [0.5, 0.6) is 0 Å². The lowest BCUT2D eigenvalue weighted by atomic mass is 10.0. The SMILES string of the molecule is CCC(C)(O)CNc1ncccc1C(N)=O. The Morgan fingerprint density at radius 3 is 2.94 bits per heavy atom. The molecule has 5 nitrogen and oxygen atoms in total. The van der Waals surface area contributed by atoms with E-state index < -0.39 is 11.5 Å². The van der Waals surface area contributed by atoms with Gasteiger partial charge in [0.05, 0.1) is 11.2 Å². The zero-order valence-electron chi connectivity index (χ0n) is 9.53.